The van der Waals surface area contributed by atoms with E-state index in [1.165, 1.54) is 6.07 Å². The smallest absolute Gasteiger partial charge is 0.430 e. The molecule has 0 radical (unpaired) electrons. The number of aromatic hydroxyl groups is 1. The lowest BCUT2D eigenvalue weighted by Gasteiger charge is -2.35. The molecule has 0 atom stereocenters. The fourth-order valence-corrected chi connectivity index (χ4v) is 4.27. The first kappa shape index (κ1) is 28.7. The van der Waals surface area contributed by atoms with Crippen molar-refractivity contribution in [1.29, 1.82) is 0 Å². The largest absolute Gasteiger partial charge is 0.508 e. The molecular formula is C26H30F6O3. The molecule has 0 spiro atoms. The molecule has 0 bridgehead atoms. The van der Waals surface area contributed by atoms with E-state index < -0.39 is 30.2 Å². The summed E-state index contributed by atoms with van der Waals surface area (Å²) >= 11 is 0. The number of rotatable bonds is 9. The molecule has 0 aliphatic heterocycles. The zero-order valence-electron chi connectivity index (χ0n) is 20.3. The van der Waals surface area contributed by atoms with E-state index in [0.717, 1.165) is 24.3 Å². The Labute approximate surface area is 201 Å². The first-order valence-electron chi connectivity index (χ1n) is 11.1. The van der Waals surface area contributed by atoms with Crippen LogP contribution in [-0.4, -0.2) is 37.0 Å². The van der Waals surface area contributed by atoms with Crippen LogP contribution in [0.5, 0.6) is 5.75 Å². The maximum absolute atomic E-state index is 13.6. The summed E-state index contributed by atoms with van der Waals surface area (Å²) < 4.78 is 90.0. The number of methoxy groups -OCH3 is 1. The van der Waals surface area contributed by atoms with Crippen molar-refractivity contribution < 1.29 is 40.9 Å². The van der Waals surface area contributed by atoms with Gasteiger partial charge in [-0.15, -0.1) is 0 Å². The van der Waals surface area contributed by atoms with Gasteiger partial charge >= 0.3 is 12.4 Å². The van der Waals surface area contributed by atoms with Crippen molar-refractivity contribution in [3.63, 3.8) is 0 Å². The van der Waals surface area contributed by atoms with E-state index in [0.29, 0.717) is 24.0 Å². The minimum Gasteiger partial charge on any atom is -0.508 e. The molecule has 35 heavy (non-hydrogen) atoms. The predicted octanol–water partition coefficient (Wildman–Crippen LogP) is 7.61. The molecule has 0 heterocycles. The summed E-state index contributed by atoms with van der Waals surface area (Å²) in [5.41, 5.74) is -1.73. The number of hydrogen-bond donors (Lipinski definition) is 1. The molecule has 0 saturated heterocycles. The summed E-state index contributed by atoms with van der Waals surface area (Å²) in [6, 6.07) is 10.3. The highest BCUT2D eigenvalue weighted by Crippen LogP contribution is 2.47. The van der Waals surface area contributed by atoms with E-state index in [2.05, 4.69) is 9.47 Å². The van der Waals surface area contributed by atoms with Crippen molar-refractivity contribution in [2.75, 3.05) is 13.9 Å². The van der Waals surface area contributed by atoms with Crippen LogP contribution < -0.4 is 0 Å². The van der Waals surface area contributed by atoms with E-state index in [4.69, 9.17) is 0 Å². The Balaban J connectivity index is 2.58. The van der Waals surface area contributed by atoms with Crippen LogP contribution in [0.3, 0.4) is 0 Å². The highest BCUT2D eigenvalue weighted by atomic mass is 19.4. The van der Waals surface area contributed by atoms with Gasteiger partial charge in [0.15, 0.2) is 0 Å². The summed E-state index contributed by atoms with van der Waals surface area (Å²) in [4.78, 5) is 0. The molecule has 2 rings (SSSR count). The number of alkyl halides is 6. The summed E-state index contributed by atoms with van der Waals surface area (Å²) in [6.07, 6.45) is -9.37. The van der Waals surface area contributed by atoms with E-state index in [1.807, 2.05) is 26.0 Å². The summed E-state index contributed by atoms with van der Waals surface area (Å²) in [7, 11) is 0.938. The quantitative estimate of drug-likeness (QED) is 0.282. The SMILES string of the molecule is CCC(CC)(c1ccc(O)c(C)c1)c1ccc(C=CC(OCOC)(C(F)(F)F)C(F)(F)F)c(C)c1. The van der Waals surface area contributed by atoms with Crippen LogP contribution in [0, 0.1) is 13.8 Å². The van der Waals surface area contributed by atoms with Crippen molar-refractivity contribution in [1.82, 2.24) is 0 Å². The first-order chi connectivity index (χ1) is 16.2. The molecule has 0 unspecified atom stereocenters. The van der Waals surface area contributed by atoms with Crippen LogP contribution in [0.4, 0.5) is 26.3 Å². The van der Waals surface area contributed by atoms with Crippen LogP contribution in [-0.2, 0) is 14.9 Å². The zero-order chi connectivity index (χ0) is 26.7. The van der Waals surface area contributed by atoms with Gasteiger partial charge in [0.25, 0.3) is 5.60 Å². The van der Waals surface area contributed by atoms with Gasteiger partial charge in [0.05, 0.1) is 0 Å². The molecular weight excluding hydrogens is 474 g/mol. The van der Waals surface area contributed by atoms with Crippen molar-refractivity contribution in [2.45, 2.75) is 63.9 Å². The molecule has 0 aromatic heterocycles. The summed E-state index contributed by atoms with van der Waals surface area (Å²) in [5.74, 6) is 0.167. The van der Waals surface area contributed by atoms with Gasteiger partial charge in [0, 0.05) is 12.5 Å². The molecule has 3 nitrogen and oxygen atoms in total. The van der Waals surface area contributed by atoms with Gasteiger partial charge in [-0.3, -0.25) is 0 Å². The second kappa shape index (κ2) is 10.6. The number of phenols is 1. The number of phenolic OH excluding ortho intramolecular Hbond substituents is 1. The standard InChI is InChI=1S/C26H30F6O3/c1-6-23(7-2,21-10-11-22(33)18(4)15-21)20-9-8-19(17(3)14-20)12-13-24(25(27,28)29,26(30,31)32)35-16-34-5/h8-15,33H,6-7,16H2,1-5H3. The number of benzene rings is 2. The molecule has 0 aliphatic carbocycles. The summed E-state index contributed by atoms with van der Waals surface area (Å²) in [5, 5.41) is 9.91. The molecule has 2 aromatic carbocycles. The normalized spacial score (nSPS) is 13.6. The van der Waals surface area contributed by atoms with Crippen LogP contribution in [0.2, 0.25) is 0 Å². The van der Waals surface area contributed by atoms with Gasteiger partial charge in [-0.1, -0.05) is 50.3 Å². The lowest BCUT2D eigenvalue weighted by Crippen LogP contribution is -2.57. The second-order valence-corrected chi connectivity index (χ2v) is 8.48. The predicted molar refractivity (Wildman–Crippen MR) is 122 cm³/mol. The van der Waals surface area contributed by atoms with E-state index in [1.54, 1.807) is 32.0 Å². The molecule has 9 heteroatoms. The van der Waals surface area contributed by atoms with Crippen molar-refractivity contribution in [3.05, 3.63) is 70.3 Å². The molecule has 194 valence electrons. The number of aryl methyl sites for hydroxylation is 2. The average molecular weight is 505 g/mol. The maximum atomic E-state index is 13.6. The van der Waals surface area contributed by atoms with Gasteiger partial charge in [0.1, 0.15) is 12.5 Å². The molecule has 0 fully saturated rings. The lowest BCUT2D eigenvalue weighted by atomic mass is 9.70. The molecule has 0 saturated carbocycles. The minimum absolute atomic E-state index is 0.00967. The van der Waals surface area contributed by atoms with Crippen LogP contribution in [0.15, 0.2) is 42.5 Å². The number of halogens is 6. The Morgan fingerprint density at radius 2 is 1.34 bits per heavy atom. The highest BCUT2D eigenvalue weighted by molar-refractivity contribution is 5.57. The Hall–Kier alpha value is -2.52. The minimum atomic E-state index is -5.76. The highest BCUT2D eigenvalue weighted by Gasteiger charge is 2.71. The van der Waals surface area contributed by atoms with Crippen LogP contribution in [0.1, 0.15) is 54.5 Å². The Morgan fingerprint density at radius 1 is 0.829 bits per heavy atom. The third-order valence-corrected chi connectivity index (χ3v) is 6.52. The van der Waals surface area contributed by atoms with Crippen LogP contribution in [0.25, 0.3) is 6.08 Å². The zero-order valence-corrected chi connectivity index (χ0v) is 20.3. The molecule has 1 N–H and O–H groups in total. The van der Waals surface area contributed by atoms with Crippen molar-refractivity contribution >= 4 is 6.08 Å². The molecule has 0 aliphatic rings. The average Bonchev–Trinajstić information content (AvgIpc) is 2.76. The fourth-order valence-electron chi connectivity index (χ4n) is 4.27. The van der Waals surface area contributed by atoms with E-state index >= 15 is 0 Å². The number of ether oxygens (including phenoxy) is 2. The third-order valence-electron chi connectivity index (χ3n) is 6.52. The number of hydrogen-bond acceptors (Lipinski definition) is 3. The van der Waals surface area contributed by atoms with Crippen LogP contribution >= 0.6 is 0 Å². The van der Waals surface area contributed by atoms with E-state index in [-0.39, 0.29) is 17.4 Å². The van der Waals surface area contributed by atoms with Gasteiger partial charge < -0.3 is 14.6 Å². The Morgan fingerprint density at radius 3 is 1.77 bits per heavy atom. The lowest BCUT2D eigenvalue weighted by molar-refractivity contribution is -0.372. The summed E-state index contributed by atoms with van der Waals surface area (Å²) in [6.45, 7) is 6.22. The first-order valence-corrected chi connectivity index (χ1v) is 11.1. The van der Waals surface area contributed by atoms with Crippen molar-refractivity contribution in [2.24, 2.45) is 0 Å². The molecule has 0 amide bonds. The fraction of sp³-hybridized carbons (Fsp3) is 0.462. The van der Waals surface area contributed by atoms with Crippen molar-refractivity contribution in [3.8, 4) is 5.75 Å². The Bertz CT molecular complexity index is 1020. The second-order valence-electron chi connectivity index (χ2n) is 8.48. The maximum Gasteiger partial charge on any atom is 0.430 e. The van der Waals surface area contributed by atoms with Gasteiger partial charge in [-0.2, -0.15) is 26.3 Å². The Kier molecular flexibility index (Phi) is 8.71. The third kappa shape index (κ3) is 5.51. The van der Waals surface area contributed by atoms with Gasteiger partial charge in [-0.25, -0.2) is 0 Å². The monoisotopic (exact) mass is 504 g/mol. The topological polar surface area (TPSA) is 38.7 Å². The molecule has 2 aromatic rings. The van der Waals surface area contributed by atoms with Gasteiger partial charge in [-0.05, 0) is 66.6 Å². The van der Waals surface area contributed by atoms with Gasteiger partial charge in [0.2, 0.25) is 0 Å². The van der Waals surface area contributed by atoms with E-state index in [9.17, 15) is 31.4 Å².